The van der Waals surface area contributed by atoms with Gasteiger partial charge in [0.2, 0.25) is 5.91 Å². The highest BCUT2D eigenvalue weighted by atomic mass is 35.5. The number of imidazole rings is 1. The van der Waals surface area contributed by atoms with Crippen molar-refractivity contribution >= 4 is 41.8 Å². The Morgan fingerprint density at radius 1 is 1.29 bits per heavy atom. The molecule has 1 aromatic carbocycles. The molecule has 1 aliphatic rings. The van der Waals surface area contributed by atoms with Gasteiger partial charge in [0.1, 0.15) is 11.6 Å². The van der Waals surface area contributed by atoms with Crippen LogP contribution in [0.15, 0.2) is 18.2 Å². The number of amides is 1. The first-order chi connectivity index (χ1) is 10.7. The van der Waals surface area contributed by atoms with Crippen molar-refractivity contribution in [3.63, 3.8) is 0 Å². The van der Waals surface area contributed by atoms with Crippen LogP contribution in [-0.2, 0) is 11.3 Å². The largest absolute Gasteiger partial charge is 0.349 e. The molecule has 1 amide bonds. The SMILES string of the molecule is Cl.Cl.O=C(CCC1CCNCC1)NCc1nc2ccc(F)cc2[nH]1. The molecule has 1 saturated heterocycles. The maximum absolute atomic E-state index is 13.1. The number of nitrogens with zero attached hydrogens (tertiary/aromatic N) is 1. The second kappa shape index (κ2) is 9.81. The van der Waals surface area contributed by atoms with Crippen molar-refractivity contribution in [2.24, 2.45) is 5.92 Å². The van der Waals surface area contributed by atoms with Gasteiger partial charge in [-0.1, -0.05) is 0 Å². The number of carbonyl (C=O) groups excluding carboxylic acids is 1. The van der Waals surface area contributed by atoms with Crippen LogP contribution in [0.5, 0.6) is 0 Å². The van der Waals surface area contributed by atoms with Crippen LogP contribution in [0.25, 0.3) is 11.0 Å². The van der Waals surface area contributed by atoms with E-state index in [4.69, 9.17) is 0 Å². The molecule has 3 N–H and O–H groups in total. The minimum Gasteiger partial charge on any atom is -0.349 e. The number of carbonyl (C=O) groups is 1. The summed E-state index contributed by atoms with van der Waals surface area (Å²) < 4.78 is 13.1. The minimum absolute atomic E-state index is 0. The Balaban J connectivity index is 0.00000144. The molecule has 3 rings (SSSR count). The lowest BCUT2D eigenvalue weighted by Gasteiger charge is -2.22. The summed E-state index contributed by atoms with van der Waals surface area (Å²) in [5.41, 5.74) is 1.36. The first-order valence-electron chi connectivity index (χ1n) is 7.82. The van der Waals surface area contributed by atoms with Gasteiger partial charge in [0, 0.05) is 6.42 Å². The van der Waals surface area contributed by atoms with Crippen molar-refractivity contribution in [1.29, 1.82) is 0 Å². The van der Waals surface area contributed by atoms with Crippen LogP contribution in [0.4, 0.5) is 4.39 Å². The molecule has 2 aromatic rings. The van der Waals surface area contributed by atoms with E-state index in [1.807, 2.05) is 0 Å². The number of piperidine rings is 1. The summed E-state index contributed by atoms with van der Waals surface area (Å²) >= 11 is 0. The standard InChI is InChI=1S/C16H21FN4O.2ClH/c17-12-2-3-13-14(9-12)21-15(20-13)10-19-16(22)4-1-11-5-7-18-8-6-11;;/h2-3,9,11,18H,1,4-8,10H2,(H,19,22)(H,20,21);2*1H. The molecule has 134 valence electrons. The number of halogens is 3. The maximum Gasteiger partial charge on any atom is 0.220 e. The van der Waals surface area contributed by atoms with Crippen LogP contribution >= 0.6 is 24.8 Å². The monoisotopic (exact) mass is 376 g/mol. The summed E-state index contributed by atoms with van der Waals surface area (Å²) in [5, 5.41) is 6.20. The fraction of sp³-hybridized carbons (Fsp3) is 0.500. The molecule has 2 heterocycles. The van der Waals surface area contributed by atoms with Crippen molar-refractivity contribution in [3.8, 4) is 0 Å². The van der Waals surface area contributed by atoms with Gasteiger partial charge in [0.05, 0.1) is 17.6 Å². The lowest BCUT2D eigenvalue weighted by atomic mass is 9.93. The molecule has 0 spiro atoms. The zero-order chi connectivity index (χ0) is 15.4. The molecule has 24 heavy (non-hydrogen) atoms. The number of aromatic nitrogens is 2. The highest BCUT2D eigenvalue weighted by Gasteiger charge is 2.14. The Bertz CT molecular complexity index is 659. The average molecular weight is 377 g/mol. The molecule has 5 nitrogen and oxygen atoms in total. The van der Waals surface area contributed by atoms with E-state index in [0.717, 1.165) is 32.4 Å². The molecule has 0 unspecified atom stereocenters. The summed E-state index contributed by atoms with van der Waals surface area (Å²) in [7, 11) is 0. The molecule has 1 aromatic heterocycles. The Labute approximate surface area is 153 Å². The Morgan fingerprint density at radius 3 is 2.79 bits per heavy atom. The molecule has 1 fully saturated rings. The van der Waals surface area contributed by atoms with Crippen LogP contribution in [0, 0.1) is 11.7 Å². The van der Waals surface area contributed by atoms with E-state index in [0.29, 0.717) is 35.7 Å². The number of hydrogen-bond acceptors (Lipinski definition) is 3. The topological polar surface area (TPSA) is 69.8 Å². The predicted molar refractivity (Wildman–Crippen MR) is 97.2 cm³/mol. The van der Waals surface area contributed by atoms with Crippen molar-refractivity contribution in [2.75, 3.05) is 13.1 Å². The number of hydrogen-bond donors (Lipinski definition) is 3. The number of nitrogens with one attached hydrogen (secondary N) is 3. The molecular weight excluding hydrogens is 354 g/mol. The number of fused-ring (bicyclic) bond motifs is 1. The Hall–Kier alpha value is -1.37. The van der Waals surface area contributed by atoms with Gasteiger partial charge >= 0.3 is 0 Å². The molecule has 0 radical (unpaired) electrons. The maximum atomic E-state index is 13.1. The number of H-pyrrole nitrogens is 1. The second-order valence-corrected chi connectivity index (χ2v) is 5.85. The molecule has 0 aliphatic carbocycles. The fourth-order valence-electron chi connectivity index (χ4n) is 2.89. The van der Waals surface area contributed by atoms with Crippen LogP contribution in [0.3, 0.4) is 0 Å². The van der Waals surface area contributed by atoms with E-state index >= 15 is 0 Å². The molecule has 0 atom stereocenters. The van der Waals surface area contributed by atoms with Gasteiger partial charge < -0.3 is 15.6 Å². The highest BCUT2D eigenvalue weighted by molar-refractivity contribution is 5.85. The quantitative estimate of drug-likeness (QED) is 0.751. The summed E-state index contributed by atoms with van der Waals surface area (Å²) in [6.07, 6.45) is 3.81. The summed E-state index contributed by atoms with van der Waals surface area (Å²) in [6, 6.07) is 4.42. The summed E-state index contributed by atoms with van der Waals surface area (Å²) in [5.74, 6) is 1.05. The van der Waals surface area contributed by atoms with E-state index in [-0.39, 0.29) is 36.5 Å². The molecule has 0 bridgehead atoms. The van der Waals surface area contributed by atoms with Crippen LogP contribution < -0.4 is 10.6 Å². The molecular formula is C16H23Cl2FN4O. The molecule has 1 aliphatic heterocycles. The first kappa shape index (κ1) is 20.7. The third kappa shape index (κ3) is 5.61. The van der Waals surface area contributed by atoms with E-state index in [2.05, 4.69) is 20.6 Å². The Kier molecular flexibility index (Phi) is 8.45. The van der Waals surface area contributed by atoms with Gasteiger partial charge in [-0.15, -0.1) is 24.8 Å². The van der Waals surface area contributed by atoms with Crippen LogP contribution in [-0.4, -0.2) is 29.0 Å². The normalized spacial score (nSPS) is 14.7. The molecule has 0 saturated carbocycles. The Morgan fingerprint density at radius 2 is 2.04 bits per heavy atom. The van der Waals surface area contributed by atoms with Gasteiger partial charge in [-0.2, -0.15) is 0 Å². The van der Waals surface area contributed by atoms with Crippen molar-refractivity contribution in [1.82, 2.24) is 20.6 Å². The van der Waals surface area contributed by atoms with E-state index in [9.17, 15) is 9.18 Å². The summed E-state index contributed by atoms with van der Waals surface area (Å²) in [4.78, 5) is 19.3. The van der Waals surface area contributed by atoms with Gasteiger partial charge in [-0.05, 0) is 56.5 Å². The van der Waals surface area contributed by atoms with E-state index in [1.54, 1.807) is 6.07 Å². The number of benzene rings is 1. The van der Waals surface area contributed by atoms with Gasteiger partial charge in [-0.3, -0.25) is 4.79 Å². The highest BCUT2D eigenvalue weighted by Crippen LogP contribution is 2.17. The van der Waals surface area contributed by atoms with Crippen LogP contribution in [0.2, 0.25) is 0 Å². The van der Waals surface area contributed by atoms with E-state index < -0.39 is 0 Å². The van der Waals surface area contributed by atoms with Crippen LogP contribution in [0.1, 0.15) is 31.5 Å². The average Bonchev–Trinajstić information content (AvgIpc) is 2.94. The predicted octanol–water partition coefficient (Wildman–Crippen LogP) is 2.94. The minimum atomic E-state index is -0.297. The van der Waals surface area contributed by atoms with Gasteiger partial charge in [0.15, 0.2) is 0 Å². The summed E-state index contributed by atoms with van der Waals surface area (Å²) in [6.45, 7) is 2.46. The third-order valence-electron chi connectivity index (χ3n) is 4.18. The lowest BCUT2D eigenvalue weighted by molar-refractivity contribution is -0.121. The zero-order valence-corrected chi connectivity index (χ0v) is 14.9. The number of rotatable bonds is 5. The number of aromatic amines is 1. The van der Waals surface area contributed by atoms with Crippen molar-refractivity contribution < 1.29 is 9.18 Å². The second-order valence-electron chi connectivity index (χ2n) is 5.85. The van der Waals surface area contributed by atoms with E-state index in [1.165, 1.54) is 12.1 Å². The molecule has 8 heteroatoms. The lowest BCUT2D eigenvalue weighted by Crippen LogP contribution is -2.29. The van der Waals surface area contributed by atoms with Crippen molar-refractivity contribution in [3.05, 3.63) is 29.8 Å². The van der Waals surface area contributed by atoms with Gasteiger partial charge in [-0.25, -0.2) is 9.37 Å². The van der Waals surface area contributed by atoms with Crippen molar-refractivity contribution in [2.45, 2.75) is 32.2 Å². The first-order valence-corrected chi connectivity index (χ1v) is 7.82. The smallest absolute Gasteiger partial charge is 0.220 e. The van der Waals surface area contributed by atoms with Gasteiger partial charge in [0.25, 0.3) is 0 Å². The fourth-order valence-corrected chi connectivity index (χ4v) is 2.89. The zero-order valence-electron chi connectivity index (χ0n) is 13.3. The third-order valence-corrected chi connectivity index (χ3v) is 4.18.